The van der Waals surface area contributed by atoms with E-state index in [2.05, 4.69) is 11.4 Å². The molecule has 2 nitrogen and oxygen atoms in total. The van der Waals surface area contributed by atoms with Crippen LogP contribution in [0, 0.1) is 5.92 Å². The molecule has 1 aliphatic heterocycles. The third-order valence-corrected chi connectivity index (χ3v) is 3.97. The molecule has 92 valence electrons. The highest BCUT2D eigenvalue weighted by Crippen LogP contribution is 2.20. The zero-order valence-electron chi connectivity index (χ0n) is 9.48. The van der Waals surface area contributed by atoms with Crippen LogP contribution >= 0.6 is 24.2 Å². The zero-order chi connectivity index (χ0) is 10.3. The molecule has 0 radical (unpaired) electrons. The maximum absolute atomic E-state index is 5.29. The Morgan fingerprint density at radius 1 is 1.38 bits per heavy atom. The Kier molecular flexibility index (Phi) is 7.01. The summed E-state index contributed by atoms with van der Waals surface area (Å²) in [4.78, 5) is 0. The number of rotatable bonds is 5. The van der Waals surface area contributed by atoms with Gasteiger partial charge in [-0.3, -0.25) is 0 Å². The van der Waals surface area contributed by atoms with E-state index in [9.17, 15) is 0 Å². The number of thioether (sulfide) groups is 1. The first-order chi connectivity index (χ1) is 7.45. The molecular weight excluding hydrogens is 242 g/mol. The summed E-state index contributed by atoms with van der Waals surface area (Å²) in [5, 5.41) is 3.41. The molecule has 0 saturated carbocycles. The molecule has 2 rings (SSSR count). The molecule has 1 N–H and O–H groups in total. The highest BCUT2D eigenvalue weighted by molar-refractivity contribution is 7.98. The zero-order valence-corrected chi connectivity index (χ0v) is 11.1. The predicted molar refractivity (Wildman–Crippen MR) is 72.3 cm³/mol. The van der Waals surface area contributed by atoms with Crippen molar-refractivity contribution in [1.29, 1.82) is 0 Å². The molecule has 1 aliphatic rings. The van der Waals surface area contributed by atoms with Gasteiger partial charge in [0.25, 0.3) is 0 Å². The van der Waals surface area contributed by atoms with E-state index in [1.165, 1.54) is 38.1 Å². The Balaban J connectivity index is 0.00000128. The van der Waals surface area contributed by atoms with E-state index >= 15 is 0 Å². The number of piperidine rings is 1. The van der Waals surface area contributed by atoms with Gasteiger partial charge >= 0.3 is 0 Å². The summed E-state index contributed by atoms with van der Waals surface area (Å²) < 4.78 is 5.29. The van der Waals surface area contributed by atoms with E-state index < -0.39 is 0 Å². The fourth-order valence-electron chi connectivity index (χ4n) is 1.99. The van der Waals surface area contributed by atoms with Crippen LogP contribution in [0.4, 0.5) is 0 Å². The van der Waals surface area contributed by atoms with Gasteiger partial charge in [-0.05, 0) is 56.2 Å². The van der Waals surface area contributed by atoms with E-state index in [0.717, 1.165) is 17.4 Å². The van der Waals surface area contributed by atoms with Gasteiger partial charge in [0.1, 0.15) is 5.76 Å². The van der Waals surface area contributed by atoms with Crippen LogP contribution in [-0.4, -0.2) is 18.8 Å². The average molecular weight is 262 g/mol. The number of hydrogen-bond acceptors (Lipinski definition) is 3. The van der Waals surface area contributed by atoms with E-state index in [-0.39, 0.29) is 12.4 Å². The van der Waals surface area contributed by atoms with Crippen molar-refractivity contribution in [3.63, 3.8) is 0 Å². The van der Waals surface area contributed by atoms with Crippen molar-refractivity contribution >= 4 is 24.2 Å². The van der Waals surface area contributed by atoms with Crippen molar-refractivity contribution in [2.24, 2.45) is 5.92 Å². The molecule has 0 amide bonds. The van der Waals surface area contributed by atoms with Gasteiger partial charge in [-0.2, -0.15) is 11.8 Å². The molecule has 2 heterocycles. The van der Waals surface area contributed by atoms with Gasteiger partial charge in [-0.25, -0.2) is 0 Å². The van der Waals surface area contributed by atoms with Crippen LogP contribution in [-0.2, 0) is 5.75 Å². The van der Waals surface area contributed by atoms with Crippen molar-refractivity contribution in [2.45, 2.75) is 25.0 Å². The van der Waals surface area contributed by atoms with Crippen molar-refractivity contribution < 1.29 is 4.42 Å². The fourth-order valence-corrected chi connectivity index (χ4v) is 3.00. The summed E-state index contributed by atoms with van der Waals surface area (Å²) in [5.41, 5.74) is 0. The summed E-state index contributed by atoms with van der Waals surface area (Å²) >= 11 is 1.99. The van der Waals surface area contributed by atoms with Crippen LogP contribution < -0.4 is 5.32 Å². The van der Waals surface area contributed by atoms with Crippen molar-refractivity contribution in [1.82, 2.24) is 5.32 Å². The number of hydrogen-bond donors (Lipinski definition) is 1. The Labute approximate surface area is 108 Å². The molecule has 1 aromatic heterocycles. The SMILES string of the molecule is Cl.c1coc(CSCCC2CCNCC2)c1. The maximum Gasteiger partial charge on any atom is 0.113 e. The molecule has 0 atom stereocenters. The van der Waals surface area contributed by atoms with Gasteiger partial charge < -0.3 is 9.73 Å². The Morgan fingerprint density at radius 2 is 2.19 bits per heavy atom. The average Bonchev–Trinajstić information content (AvgIpc) is 2.79. The third-order valence-electron chi connectivity index (χ3n) is 2.95. The van der Waals surface area contributed by atoms with Crippen LogP contribution in [0.15, 0.2) is 22.8 Å². The highest BCUT2D eigenvalue weighted by Gasteiger charge is 2.12. The molecule has 0 spiro atoms. The second-order valence-corrected chi connectivity index (χ2v) is 5.22. The molecule has 1 aromatic rings. The molecular formula is C12H20ClNOS. The van der Waals surface area contributed by atoms with Gasteiger partial charge in [0.05, 0.1) is 12.0 Å². The minimum atomic E-state index is 0. The second kappa shape index (κ2) is 8.04. The fraction of sp³-hybridized carbons (Fsp3) is 0.667. The van der Waals surface area contributed by atoms with E-state index in [4.69, 9.17) is 4.42 Å². The summed E-state index contributed by atoms with van der Waals surface area (Å²) in [7, 11) is 0. The van der Waals surface area contributed by atoms with Crippen molar-refractivity contribution in [2.75, 3.05) is 18.8 Å². The van der Waals surface area contributed by atoms with Crippen LogP contribution in [0.2, 0.25) is 0 Å². The Morgan fingerprint density at radius 3 is 2.88 bits per heavy atom. The smallest absolute Gasteiger partial charge is 0.113 e. The van der Waals surface area contributed by atoms with E-state index in [1.807, 2.05) is 17.8 Å². The van der Waals surface area contributed by atoms with Gasteiger partial charge in [0.2, 0.25) is 0 Å². The predicted octanol–water partition coefficient (Wildman–Crippen LogP) is 3.32. The number of nitrogens with one attached hydrogen (secondary N) is 1. The van der Waals surface area contributed by atoms with E-state index in [0.29, 0.717) is 0 Å². The molecule has 1 fully saturated rings. The monoisotopic (exact) mass is 261 g/mol. The summed E-state index contributed by atoms with van der Waals surface area (Å²) in [6, 6.07) is 4.01. The molecule has 0 aliphatic carbocycles. The van der Waals surface area contributed by atoms with Crippen LogP contribution in [0.5, 0.6) is 0 Å². The van der Waals surface area contributed by atoms with Gasteiger partial charge in [-0.1, -0.05) is 0 Å². The van der Waals surface area contributed by atoms with E-state index in [1.54, 1.807) is 6.26 Å². The molecule has 0 bridgehead atoms. The lowest BCUT2D eigenvalue weighted by atomic mass is 9.96. The van der Waals surface area contributed by atoms with Crippen LogP contribution in [0.3, 0.4) is 0 Å². The first kappa shape index (κ1) is 13.9. The van der Waals surface area contributed by atoms with Gasteiger partial charge in [0, 0.05) is 0 Å². The highest BCUT2D eigenvalue weighted by atomic mass is 35.5. The first-order valence-electron chi connectivity index (χ1n) is 5.76. The lowest BCUT2D eigenvalue weighted by Crippen LogP contribution is -2.27. The Hall–Kier alpha value is -0.120. The topological polar surface area (TPSA) is 25.2 Å². The lowest BCUT2D eigenvalue weighted by Gasteiger charge is -2.22. The Bertz CT molecular complexity index is 260. The molecule has 4 heteroatoms. The molecule has 0 unspecified atom stereocenters. The lowest BCUT2D eigenvalue weighted by molar-refractivity contribution is 0.367. The molecule has 16 heavy (non-hydrogen) atoms. The van der Waals surface area contributed by atoms with Gasteiger partial charge in [-0.15, -0.1) is 12.4 Å². The summed E-state index contributed by atoms with van der Waals surface area (Å²) in [6.07, 6.45) is 5.85. The van der Waals surface area contributed by atoms with Crippen molar-refractivity contribution in [3.05, 3.63) is 24.2 Å². The minimum Gasteiger partial charge on any atom is -0.468 e. The standard InChI is InChI=1S/C12H19NOS.ClH/c1-2-12(14-8-1)10-15-9-5-11-3-6-13-7-4-11;/h1-2,8,11,13H,3-7,9-10H2;1H. The first-order valence-corrected chi connectivity index (χ1v) is 6.91. The number of halogens is 1. The molecule has 1 saturated heterocycles. The molecule has 0 aromatic carbocycles. The van der Waals surface area contributed by atoms with Crippen LogP contribution in [0.25, 0.3) is 0 Å². The maximum atomic E-state index is 5.29. The third kappa shape index (κ3) is 4.81. The van der Waals surface area contributed by atoms with Crippen molar-refractivity contribution in [3.8, 4) is 0 Å². The van der Waals surface area contributed by atoms with Crippen LogP contribution in [0.1, 0.15) is 25.0 Å². The quantitative estimate of drug-likeness (QED) is 0.824. The largest absolute Gasteiger partial charge is 0.468 e. The normalized spacial score (nSPS) is 17.0. The van der Waals surface area contributed by atoms with Gasteiger partial charge in [0.15, 0.2) is 0 Å². The number of furan rings is 1. The summed E-state index contributed by atoms with van der Waals surface area (Å²) in [6.45, 7) is 2.43. The second-order valence-electron chi connectivity index (χ2n) is 4.11. The summed E-state index contributed by atoms with van der Waals surface area (Å²) in [5.74, 6) is 4.35. The minimum absolute atomic E-state index is 0.